The summed E-state index contributed by atoms with van der Waals surface area (Å²) in [5, 5.41) is 8.42. The molecule has 0 radical (unpaired) electrons. The van der Waals surface area contributed by atoms with Gasteiger partial charge in [0.05, 0.1) is 10.9 Å². The van der Waals surface area contributed by atoms with Gasteiger partial charge in [-0.2, -0.15) is 4.31 Å². The smallest absolute Gasteiger partial charge is 0.247 e. The summed E-state index contributed by atoms with van der Waals surface area (Å²) in [6.45, 7) is 1.59. The minimum atomic E-state index is -3.62. The highest BCUT2D eigenvalue weighted by Crippen LogP contribution is 2.49. The van der Waals surface area contributed by atoms with E-state index in [9.17, 15) is 12.8 Å². The van der Waals surface area contributed by atoms with Crippen LogP contribution in [0.5, 0.6) is 0 Å². The van der Waals surface area contributed by atoms with Crippen LogP contribution in [0.25, 0.3) is 11.5 Å². The lowest BCUT2D eigenvalue weighted by Gasteiger charge is -2.46. The number of sulfonamides is 1. The maximum Gasteiger partial charge on any atom is 0.247 e. The Kier molecular flexibility index (Phi) is 4.49. The van der Waals surface area contributed by atoms with E-state index in [0.717, 1.165) is 18.5 Å². The van der Waals surface area contributed by atoms with Crippen molar-refractivity contribution in [3.8, 4) is 11.5 Å². The molecular formula is C21H21FN4O3S. The summed E-state index contributed by atoms with van der Waals surface area (Å²) in [7, 11) is -1.63. The van der Waals surface area contributed by atoms with Crippen molar-refractivity contribution < 1.29 is 17.2 Å². The Hall–Kier alpha value is -2.62. The monoisotopic (exact) mass is 428 g/mol. The molecule has 3 heterocycles. The van der Waals surface area contributed by atoms with Gasteiger partial charge in [-0.15, -0.1) is 10.2 Å². The van der Waals surface area contributed by atoms with E-state index in [1.165, 1.54) is 28.6 Å². The Morgan fingerprint density at radius 1 is 1.03 bits per heavy atom. The highest BCUT2D eigenvalue weighted by atomic mass is 32.2. The van der Waals surface area contributed by atoms with Gasteiger partial charge in [0.15, 0.2) is 0 Å². The van der Waals surface area contributed by atoms with Gasteiger partial charge in [0.1, 0.15) is 5.82 Å². The quantitative estimate of drug-likeness (QED) is 0.636. The normalized spacial score (nSPS) is 21.7. The van der Waals surface area contributed by atoms with Gasteiger partial charge in [0.25, 0.3) is 0 Å². The predicted octanol–water partition coefficient (Wildman–Crippen LogP) is 2.94. The van der Waals surface area contributed by atoms with Crippen LogP contribution in [0.15, 0.2) is 63.9 Å². The van der Waals surface area contributed by atoms with Crippen LogP contribution < -0.4 is 0 Å². The summed E-state index contributed by atoms with van der Waals surface area (Å²) in [6.07, 6.45) is 0.745. The molecule has 2 aliphatic heterocycles. The highest BCUT2D eigenvalue weighted by Gasteiger charge is 2.55. The molecule has 2 fully saturated rings. The van der Waals surface area contributed by atoms with E-state index in [2.05, 4.69) is 15.1 Å². The van der Waals surface area contributed by atoms with E-state index >= 15 is 0 Å². The molecule has 9 heteroatoms. The number of likely N-dealkylation sites (tertiary alicyclic amines) is 1. The summed E-state index contributed by atoms with van der Waals surface area (Å²) < 4.78 is 46.1. The van der Waals surface area contributed by atoms with Crippen LogP contribution in [-0.2, 0) is 10.0 Å². The number of nitrogens with zero attached hydrogens (tertiary/aromatic N) is 4. The molecule has 3 aromatic rings. The average molecular weight is 428 g/mol. The van der Waals surface area contributed by atoms with Crippen molar-refractivity contribution in [1.29, 1.82) is 0 Å². The summed E-state index contributed by atoms with van der Waals surface area (Å²) in [5.74, 6) is 0.575. The number of rotatable bonds is 4. The lowest BCUT2D eigenvalue weighted by Crippen LogP contribution is -2.59. The zero-order valence-electron chi connectivity index (χ0n) is 16.4. The van der Waals surface area contributed by atoms with E-state index in [1.807, 2.05) is 37.4 Å². The molecule has 0 amide bonds. The van der Waals surface area contributed by atoms with Crippen molar-refractivity contribution in [3.05, 3.63) is 66.3 Å². The Labute approximate surface area is 174 Å². The zero-order chi connectivity index (χ0) is 20.9. The molecule has 5 rings (SSSR count). The van der Waals surface area contributed by atoms with Gasteiger partial charge in [0, 0.05) is 30.6 Å². The first-order chi connectivity index (χ1) is 14.4. The summed E-state index contributed by atoms with van der Waals surface area (Å²) >= 11 is 0. The molecule has 0 N–H and O–H groups in total. The van der Waals surface area contributed by atoms with Gasteiger partial charge in [-0.3, -0.25) is 4.90 Å². The fourth-order valence-corrected chi connectivity index (χ4v) is 6.13. The van der Waals surface area contributed by atoms with Crippen LogP contribution in [0.4, 0.5) is 4.39 Å². The molecule has 2 aromatic carbocycles. The molecule has 0 saturated carbocycles. The second-order valence-corrected chi connectivity index (χ2v) is 10.1. The molecule has 7 nitrogen and oxygen atoms in total. The second kappa shape index (κ2) is 6.97. The SMILES string of the molecule is CN1CC2(CC1c1nnc(-c3ccccc3)o1)CN(S(=O)(=O)c1ccc(F)cc1)C2. The third-order valence-corrected chi connectivity index (χ3v) is 7.77. The van der Waals surface area contributed by atoms with Gasteiger partial charge >= 0.3 is 0 Å². The molecule has 0 bridgehead atoms. The van der Waals surface area contributed by atoms with Crippen LogP contribution >= 0.6 is 0 Å². The molecule has 1 unspecified atom stereocenters. The van der Waals surface area contributed by atoms with E-state index in [4.69, 9.17) is 4.42 Å². The Bertz CT molecular complexity index is 1160. The van der Waals surface area contributed by atoms with Crippen molar-refractivity contribution in [2.75, 3.05) is 26.7 Å². The Balaban J connectivity index is 1.30. The fourth-order valence-electron chi connectivity index (χ4n) is 4.47. The van der Waals surface area contributed by atoms with E-state index in [-0.39, 0.29) is 16.4 Å². The van der Waals surface area contributed by atoms with Gasteiger partial charge in [-0.1, -0.05) is 18.2 Å². The summed E-state index contributed by atoms with van der Waals surface area (Å²) in [4.78, 5) is 2.26. The van der Waals surface area contributed by atoms with Crippen LogP contribution in [0.3, 0.4) is 0 Å². The molecule has 2 saturated heterocycles. The number of benzene rings is 2. The maximum absolute atomic E-state index is 13.1. The van der Waals surface area contributed by atoms with E-state index in [0.29, 0.717) is 24.9 Å². The van der Waals surface area contributed by atoms with Gasteiger partial charge in [0.2, 0.25) is 21.8 Å². The standard InChI is InChI=1S/C21H21FN4O3S/c1-25-12-21(13-26(14-21)30(27,28)17-9-7-16(22)8-10-17)11-18(25)20-24-23-19(29-20)15-5-3-2-4-6-15/h2-10,18H,11-14H2,1H3. The highest BCUT2D eigenvalue weighted by molar-refractivity contribution is 7.89. The topological polar surface area (TPSA) is 79.5 Å². The molecule has 30 heavy (non-hydrogen) atoms. The summed E-state index contributed by atoms with van der Waals surface area (Å²) in [5.41, 5.74) is 0.722. The molecule has 0 aliphatic carbocycles. The number of halogens is 1. The van der Waals surface area contributed by atoms with Crippen molar-refractivity contribution in [1.82, 2.24) is 19.4 Å². The van der Waals surface area contributed by atoms with Crippen LogP contribution in [0.2, 0.25) is 0 Å². The van der Waals surface area contributed by atoms with Crippen molar-refractivity contribution in [3.63, 3.8) is 0 Å². The largest absolute Gasteiger partial charge is 0.419 e. The van der Waals surface area contributed by atoms with Crippen molar-refractivity contribution in [2.24, 2.45) is 5.41 Å². The minimum absolute atomic E-state index is 0.0503. The molecule has 1 spiro atoms. The number of aromatic nitrogens is 2. The first-order valence-corrected chi connectivity index (χ1v) is 11.2. The minimum Gasteiger partial charge on any atom is -0.419 e. The predicted molar refractivity (Wildman–Crippen MR) is 107 cm³/mol. The Morgan fingerprint density at radius 3 is 2.43 bits per heavy atom. The lowest BCUT2D eigenvalue weighted by molar-refractivity contribution is 0.0808. The van der Waals surface area contributed by atoms with Crippen molar-refractivity contribution in [2.45, 2.75) is 17.4 Å². The van der Waals surface area contributed by atoms with Crippen LogP contribution in [0.1, 0.15) is 18.4 Å². The van der Waals surface area contributed by atoms with Gasteiger partial charge in [-0.25, -0.2) is 12.8 Å². The third-order valence-electron chi connectivity index (χ3n) is 5.96. The number of hydrogen-bond acceptors (Lipinski definition) is 6. The molecule has 156 valence electrons. The third kappa shape index (κ3) is 3.23. The lowest BCUT2D eigenvalue weighted by atomic mass is 9.79. The van der Waals surface area contributed by atoms with Crippen molar-refractivity contribution >= 4 is 10.0 Å². The molecular weight excluding hydrogens is 407 g/mol. The fraction of sp³-hybridized carbons (Fsp3) is 0.333. The van der Waals surface area contributed by atoms with Gasteiger partial charge < -0.3 is 4.42 Å². The first-order valence-electron chi connectivity index (χ1n) is 9.71. The average Bonchev–Trinajstić information content (AvgIpc) is 3.32. The molecule has 2 aliphatic rings. The van der Waals surface area contributed by atoms with Gasteiger partial charge in [-0.05, 0) is 49.9 Å². The Morgan fingerprint density at radius 2 is 1.73 bits per heavy atom. The summed E-state index contributed by atoms with van der Waals surface area (Å²) in [6, 6.07) is 14.5. The van der Waals surface area contributed by atoms with E-state index < -0.39 is 15.8 Å². The molecule has 1 aromatic heterocycles. The first kappa shape index (κ1) is 19.3. The zero-order valence-corrected chi connectivity index (χ0v) is 17.2. The van der Waals surface area contributed by atoms with E-state index in [1.54, 1.807) is 0 Å². The second-order valence-electron chi connectivity index (χ2n) is 8.17. The van der Waals surface area contributed by atoms with Crippen LogP contribution in [0, 0.1) is 11.2 Å². The van der Waals surface area contributed by atoms with Crippen LogP contribution in [-0.4, -0.2) is 54.5 Å². The number of hydrogen-bond donors (Lipinski definition) is 0. The molecule has 1 atom stereocenters. The maximum atomic E-state index is 13.1.